The van der Waals surface area contributed by atoms with Crippen molar-refractivity contribution >= 4 is 0 Å². The molecule has 11 heavy (non-hydrogen) atoms. The van der Waals surface area contributed by atoms with Gasteiger partial charge in [-0.25, -0.2) is 0 Å². The number of rotatable bonds is 0. The van der Waals surface area contributed by atoms with E-state index in [4.69, 9.17) is 9.47 Å². The fourth-order valence-corrected chi connectivity index (χ4v) is 0.929. The van der Waals surface area contributed by atoms with Gasteiger partial charge in [0.1, 0.15) is 6.79 Å². The molecule has 62 valence electrons. The average Bonchev–Trinajstić information content (AvgIpc) is 2.06. The van der Waals surface area contributed by atoms with Gasteiger partial charge in [0.25, 0.3) is 0 Å². The van der Waals surface area contributed by atoms with Crippen LogP contribution in [0.4, 0.5) is 0 Å². The van der Waals surface area contributed by atoms with Gasteiger partial charge in [-0.2, -0.15) is 0 Å². The highest BCUT2D eigenvalue weighted by Crippen LogP contribution is 2.11. The van der Waals surface area contributed by atoms with Gasteiger partial charge in [-0.05, 0) is 12.8 Å². The van der Waals surface area contributed by atoms with E-state index >= 15 is 0 Å². The Labute approximate surface area is 67.5 Å². The third-order valence-electron chi connectivity index (χ3n) is 1.61. The lowest BCUT2D eigenvalue weighted by Crippen LogP contribution is -2.01. The average molecular weight is 154 g/mol. The molecule has 2 nitrogen and oxygen atoms in total. The molecule has 0 atom stereocenters. The number of ether oxygens (including phenoxy) is 2. The Morgan fingerprint density at radius 2 is 1.36 bits per heavy atom. The third kappa shape index (κ3) is 3.35. The van der Waals surface area contributed by atoms with Gasteiger partial charge in [-0.3, -0.25) is 0 Å². The second-order valence-electron chi connectivity index (χ2n) is 2.81. The van der Waals surface area contributed by atoms with Crippen LogP contribution < -0.4 is 0 Å². The number of hydrogen-bond donors (Lipinski definition) is 0. The van der Waals surface area contributed by atoms with Crippen LogP contribution in [0.5, 0.6) is 0 Å². The summed E-state index contributed by atoms with van der Waals surface area (Å²) in [6.45, 7) is 9.34. The largest absolute Gasteiger partial charge is 0.351 e. The Morgan fingerprint density at radius 1 is 0.909 bits per heavy atom. The third-order valence-corrected chi connectivity index (χ3v) is 1.61. The van der Waals surface area contributed by atoms with Crippen molar-refractivity contribution in [2.75, 3.05) is 20.0 Å². The van der Waals surface area contributed by atoms with Crippen LogP contribution >= 0.6 is 0 Å². The maximum absolute atomic E-state index is 5.15. The molecule has 0 aromatic heterocycles. The molecule has 0 spiro atoms. The van der Waals surface area contributed by atoms with Crippen LogP contribution in [0.1, 0.15) is 12.8 Å². The number of hydrogen-bond acceptors (Lipinski definition) is 2. The molecule has 0 bridgehead atoms. The lowest BCUT2D eigenvalue weighted by atomic mass is 10.1. The van der Waals surface area contributed by atoms with Crippen molar-refractivity contribution in [3.05, 3.63) is 24.3 Å². The van der Waals surface area contributed by atoms with Crippen LogP contribution in [0, 0.1) is 0 Å². The van der Waals surface area contributed by atoms with Gasteiger partial charge in [0.2, 0.25) is 0 Å². The standard InChI is InChI=1S/C9H14O2/c1-8-3-4-9(2)6-11-7-10-5-8/h1-7H2. The summed E-state index contributed by atoms with van der Waals surface area (Å²) in [6.07, 6.45) is 1.95. The van der Waals surface area contributed by atoms with Crippen molar-refractivity contribution in [1.29, 1.82) is 0 Å². The molecule has 1 aliphatic rings. The minimum atomic E-state index is 0.359. The summed E-state index contributed by atoms with van der Waals surface area (Å²) in [5.41, 5.74) is 2.24. The summed E-state index contributed by atoms with van der Waals surface area (Å²) < 4.78 is 10.3. The van der Waals surface area contributed by atoms with Crippen molar-refractivity contribution in [1.82, 2.24) is 0 Å². The van der Waals surface area contributed by atoms with Crippen LogP contribution in [0.2, 0.25) is 0 Å². The van der Waals surface area contributed by atoms with E-state index in [9.17, 15) is 0 Å². The molecule has 1 saturated heterocycles. The van der Waals surface area contributed by atoms with Crippen molar-refractivity contribution in [3.63, 3.8) is 0 Å². The van der Waals surface area contributed by atoms with Crippen LogP contribution in [0.3, 0.4) is 0 Å². The highest BCUT2D eigenvalue weighted by Gasteiger charge is 2.02. The van der Waals surface area contributed by atoms with Gasteiger partial charge in [-0.15, -0.1) is 0 Å². The van der Waals surface area contributed by atoms with Crippen molar-refractivity contribution in [3.8, 4) is 0 Å². The molecule has 0 saturated carbocycles. The van der Waals surface area contributed by atoms with Crippen LogP contribution in [-0.4, -0.2) is 20.0 Å². The van der Waals surface area contributed by atoms with Gasteiger partial charge in [0.15, 0.2) is 0 Å². The Bertz CT molecular complexity index is 143. The zero-order chi connectivity index (χ0) is 8.10. The van der Waals surface area contributed by atoms with Gasteiger partial charge in [-0.1, -0.05) is 24.3 Å². The molecule has 1 aliphatic heterocycles. The van der Waals surface area contributed by atoms with E-state index in [-0.39, 0.29) is 0 Å². The second kappa shape index (κ2) is 4.31. The molecule has 0 amide bonds. The molecule has 0 aliphatic carbocycles. The van der Waals surface area contributed by atoms with Crippen LogP contribution in [0.25, 0.3) is 0 Å². The van der Waals surface area contributed by atoms with E-state index < -0.39 is 0 Å². The Balaban J connectivity index is 2.37. The first-order valence-corrected chi connectivity index (χ1v) is 3.78. The van der Waals surface area contributed by atoms with Gasteiger partial charge >= 0.3 is 0 Å². The minimum absolute atomic E-state index is 0.359. The van der Waals surface area contributed by atoms with Crippen LogP contribution in [0.15, 0.2) is 24.3 Å². The molecule has 0 radical (unpaired) electrons. The zero-order valence-electron chi connectivity index (χ0n) is 6.77. The molecule has 0 aromatic rings. The summed E-state index contributed by atoms with van der Waals surface area (Å²) in [7, 11) is 0. The minimum Gasteiger partial charge on any atom is -0.351 e. The quantitative estimate of drug-likeness (QED) is 0.496. The Morgan fingerprint density at radius 3 is 1.82 bits per heavy atom. The summed E-state index contributed by atoms with van der Waals surface area (Å²) in [4.78, 5) is 0. The first-order valence-electron chi connectivity index (χ1n) is 3.78. The summed E-state index contributed by atoms with van der Waals surface area (Å²) in [5, 5.41) is 0. The highest BCUT2D eigenvalue weighted by atomic mass is 16.7. The van der Waals surface area contributed by atoms with Crippen LogP contribution in [-0.2, 0) is 9.47 Å². The fraction of sp³-hybridized carbons (Fsp3) is 0.556. The summed E-state index contributed by atoms with van der Waals surface area (Å²) >= 11 is 0. The maximum atomic E-state index is 5.15. The first kappa shape index (κ1) is 8.50. The molecule has 2 heteroatoms. The molecule has 0 unspecified atom stereocenters. The predicted molar refractivity (Wildman–Crippen MR) is 44.3 cm³/mol. The highest BCUT2D eigenvalue weighted by molar-refractivity contribution is 5.03. The summed E-state index contributed by atoms with van der Waals surface area (Å²) in [6, 6.07) is 0. The molecule has 1 heterocycles. The molecule has 1 rings (SSSR count). The zero-order valence-corrected chi connectivity index (χ0v) is 6.77. The molecule has 0 aromatic carbocycles. The summed E-state index contributed by atoms with van der Waals surface area (Å²) in [5.74, 6) is 0. The van der Waals surface area contributed by atoms with E-state index in [1.807, 2.05) is 0 Å². The first-order chi connectivity index (χ1) is 5.29. The van der Waals surface area contributed by atoms with Gasteiger partial charge in [0.05, 0.1) is 13.2 Å². The normalized spacial score (nSPS) is 22.2. The monoisotopic (exact) mass is 154 g/mol. The predicted octanol–water partition coefficient (Wildman–Crippen LogP) is 1.88. The van der Waals surface area contributed by atoms with E-state index in [0.717, 1.165) is 24.0 Å². The molecule has 0 N–H and O–H groups in total. The van der Waals surface area contributed by atoms with Gasteiger partial charge < -0.3 is 9.47 Å². The van der Waals surface area contributed by atoms with Gasteiger partial charge in [0, 0.05) is 0 Å². The SMILES string of the molecule is C=C1CCC(=C)COCOC1. The van der Waals surface area contributed by atoms with E-state index in [2.05, 4.69) is 13.2 Å². The molecular weight excluding hydrogens is 140 g/mol. The van der Waals surface area contributed by atoms with E-state index in [0.29, 0.717) is 20.0 Å². The Hall–Kier alpha value is -0.600. The Kier molecular flexibility index (Phi) is 3.33. The van der Waals surface area contributed by atoms with E-state index in [1.54, 1.807) is 0 Å². The van der Waals surface area contributed by atoms with Crippen molar-refractivity contribution in [2.45, 2.75) is 12.8 Å². The maximum Gasteiger partial charge on any atom is 0.147 e. The van der Waals surface area contributed by atoms with E-state index in [1.165, 1.54) is 0 Å². The van der Waals surface area contributed by atoms with Crippen molar-refractivity contribution < 1.29 is 9.47 Å². The smallest absolute Gasteiger partial charge is 0.147 e. The molecule has 1 fully saturated rings. The lowest BCUT2D eigenvalue weighted by Gasteiger charge is -2.01. The topological polar surface area (TPSA) is 18.5 Å². The van der Waals surface area contributed by atoms with Crippen molar-refractivity contribution in [2.24, 2.45) is 0 Å². The lowest BCUT2D eigenvalue weighted by molar-refractivity contribution is -0.0360. The fourth-order valence-electron chi connectivity index (χ4n) is 0.929. The second-order valence-corrected chi connectivity index (χ2v) is 2.81. The molecular formula is C9H14O2.